The molecule has 162 valence electrons. The van der Waals surface area contributed by atoms with Crippen molar-refractivity contribution in [1.82, 2.24) is 15.6 Å². The van der Waals surface area contributed by atoms with Crippen LogP contribution in [0, 0.1) is 0 Å². The van der Waals surface area contributed by atoms with Crippen LogP contribution >= 0.6 is 23.1 Å². The molecule has 0 atom stereocenters. The highest BCUT2D eigenvalue weighted by Crippen LogP contribution is 2.31. The van der Waals surface area contributed by atoms with Gasteiger partial charge in [-0.2, -0.15) is 0 Å². The molecule has 0 bridgehead atoms. The van der Waals surface area contributed by atoms with E-state index in [0.29, 0.717) is 24.2 Å². The number of phenolic OH excluding ortho intramolecular Hbond substituents is 1. The Labute approximate surface area is 193 Å². The summed E-state index contributed by atoms with van der Waals surface area (Å²) in [5, 5.41) is 14.8. The highest BCUT2D eigenvalue weighted by atomic mass is 32.2. The van der Waals surface area contributed by atoms with Gasteiger partial charge in [-0.1, -0.05) is 36.0 Å². The molecular weight excluding hydrogens is 442 g/mol. The SMILES string of the molecule is O=C(NCCNC(=O)c1ccc(CSc2nc3ccccc3s2)cc1)c1ccc(O)cc1. The number of fused-ring (bicyclic) bond motifs is 1. The van der Waals surface area contributed by atoms with Crippen molar-refractivity contribution in [3.63, 3.8) is 0 Å². The van der Waals surface area contributed by atoms with Crippen molar-refractivity contribution < 1.29 is 14.7 Å². The molecule has 4 aromatic rings. The number of phenols is 1. The molecule has 8 heteroatoms. The predicted octanol–water partition coefficient (Wildman–Crippen LogP) is 4.45. The molecule has 4 rings (SSSR count). The molecular formula is C24H21N3O3S2. The first kappa shape index (κ1) is 21.9. The zero-order valence-corrected chi connectivity index (χ0v) is 18.7. The van der Waals surface area contributed by atoms with Gasteiger partial charge in [0, 0.05) is 30.0 Å². The summed E-state index contributed by atoms with van der Waals surface area (Å²) in [6.07, 6.45) is 0. The van der Waals surface area contributed by atoms with Gasteiger partial charge in [-0.3, -0.25) is 9.59 Å². The molecule has 3 aromatic carbocycles. The van der Waals surface area contributed by atoms with Crippen molar-refractivity contribution in [2.24, 2.45) is 0 Å². The van der Waals surface area contributed by atoms with Gasteiger partial charge < -0.3 is 15.7 Å². The highest BCUT2D eigenvalue weighted by Gasteiger charge is 2.08. The van der Waals surface area contributed by atoms with Crippen LogP contribution in [0.5, 0.6) is 5.75 Å². The second-order valence-corrected chi connectivity index (χ2v) is 9.24. The number of hydrogen-bond donors (Lipinski definition) is 3. The van der Waals surface area contributed by atoms with Gasteiger partial charge in [-0.15, -0.1) is 11.3 Å². The lowest BCUT2D eigenvalue weighted by molar-refractivity contribution is 0.0927. The molecule has 0 fully saturated rings. The Hall–Kier alpha value is -3.36. The normalized spacial score (nSPS) is 10.8. The Kier molecular flexibility index (Phi) is 7.03. The van der Waals surface area contributed by atoms with Crippen LogP contribution in [0.1, 0.15) is 26.3 Å². The molecule has 0 radical (unpaired) electrons. The molecule has 6 nitrogen and oxygen atoms in total. The molecule has 2 amide bonds. The van der Waals surface area contributed by atoms with Crippen molar-refractivity contribution in [2.75, 3.05) is 13.1 Å². The van der Waals surface area contributed by atoms with Gasteiger partial charge in [0.2, 0.25) is 0 Å². The van der Waals surface area contributed by atoms with Crippen LogP contribution in [0.15, 0.2) is 77.1 Å². The molecule has 3 N–H and O–H groups in total. The summed E-state index contributed by atoms with van der Waals surface area (Å²) >= 11 is 3.37. The van der Waals surface area contributed by atoms with Crippen LogP contribution in [0.2, 0.25) is 0 Å². The van der Waals surface area contributed by atoms with E-state index in [-0.39, 0.29) is 17.6 Å². The fourth-order valence-electron chi connectivity index (χ4n) is 2.98. The number of hydrogen-bond acceptors (Lipinski definition) is 6. The molecule has 0 unspecified atom stereocenters. The summed E-state index contributed by atoms with van der Waals surface area (Å²) in [6, 6.07) is 21.6. The molecule has 0 aliphatic heterocycles. The number of amides is 2. The van der Waals surface area contributed by atoms with Crippen molar-refractivity contribution in [3.8, 4) is 5.75 Å². The molecule has 0 saturated heterocycles. The Morgan fingerprint density at radius 2 is 1.44 bits per heavy atom. The van der Waals surface area contributed by atoms with Crippen molar-refractivity contribution >= 4 is 45.1 Å². The Morgan fingerprint density at radius 3 is 2.06 bits per heavy atom. The van der Waals surface area contributed by atoms with E-state index in [1.807, 2.05) is 30.3 Å². The minimum absolute atomic E-state index is 0.107. The number of aromatic hydroxyl groups is 1. The summed E-state index contributed by atoms with van der Waals surface area (Å²) in [5.74, 6) is 0.448. The largest absolute Gasteiger partial charge is 0.508 e. The molecule has 0 spiro atoms. The number of nitrogens with zero attached hydrogens (tertiary/aromatic N) is 1. The highest BCUT2D eigenvalue weighted by molar-refractivity contribution is 8.00. The second kappa shape index (κ2) is 10.3. The molecule has 0 aliphatic carbocycles. The summed E-state index contributed by atoms with van der Waals surface area (Å²) < 4.78 is 2.21. The molecule has 32 heavy (non-hydrogen) atoms. The van der Waals surface area contributed by atoms with Gasteiger partial charge in [-0.25, -0.2) is 4.98 Å². The molecule has 0 saturated carbocycles. The van der Waals surface area contributed by atoms with E-state index in [4.69, 9.17) is 0 Å². The number of nitrogens with one attached hydrogen (secondary N) is 2. The predicted molar refractivity (Wildman–Crippen MR) is 128 cm³/mol. The van der Waals surface area contributed by atoms with Crippen LogP contribution in [0.4, 0.5) is 0 Å². The first-order valence-electron chi connectivity index (χ1n) is 10.0. The maximum atomic E-state index is 12.3. The van der Waals surface area contributed by atoms with E-state index in [9.17, 15) is 14.7 Å². The average molecular weight is 464 g/mol. The number of rotatable bonds is 8. The standard InChI is InChI=1S/C24H21N3O3S2/c28-19-11-9-18(10-12-19)23(30)26-14-13-25-22(29)17-7-5-16(6-8-17)15-31-24-27-20-3-1-2-4-21(20)32-24/h1-12,28H,13-15H2,(H,25,29)(H,26,30). The third-order valence-electron chi connectivity index (χ3n) is 4.68. The Balaban J connectivity index is 1.21. The van der Waals surface area contributed by atoms with Gasteiger partial charge in [0.1, 0.15) is 5.75 Å². The van der Waals surface area contributed by atoms with Crippen LogP contribution < -0.4 is 10.6 Å². The fourth-order valence-corrected chi connectivity index (χ4v) is 5.00. The maximum Gasteiger partial charge on any atom is 0.251 e. The van der Waals surface area contributed by atoms with Crippen molar-refractivity contribution in [1.29, 1.82) is 0 Å². The van der Waals surface area contributed by atoms with Gasteiger partial charge in [0.25, 0.3) is 11.8 Å². The number of benzene rings is 3. The average Bonchev–Trinajstić information content (AvgIpc) is 3.24. The number of aromatic nitrogens is 1. The van der Waals surface area contributed by atoms with E-state index in [1.54, 1.807) is 47.4 Å². The van der Waals surface area contributed by atoms with Crippen molar-refractivity contribution in [2.45, 2.75) is 10.1 Å². The molecule has 1 heterocycles. The summed E-state index contributed by atoms with van der Waals surface area (Å²) in [6.45, 7) is 0.625. The Bertz CT molecular complexity index is 1190. The van der Waals surface area contributed by atoms with Crippen LogP contribution in [-0.4, -0.2) is 35.0 Å². The Morgan fingerprint density at radius 1 is 0.844 bits per heavy atom. The van der Waals surface area contributed by atoms with Gasteiger partial charge >= 0.3 is 0 Å². The third kappa shape index (κ3) is 5.66. The first-order valence-corrected chi connectivity index (χ1v) is 11.8. The lowest BCUT2D eigenvalue weighted by Crippen LogP contribution is -2.34. The van der Waals surface area contributed by atoms with Crippen LogP contribution in [0.25, 0.3) is 10.2 Å². The van der Waals surface area contributed by atoms with E-state index in [0.717, 1.165) is 21.2 Å². The lowest BCUT2D eigenvalue weighted by atomic mass is 10.1. The van der Waals surface area contributed by atoms with Crippen molar-refractivity contribution in [3.05, 3.63) is 89.5 Å². The number of carbonyl (C=O) groups excluding carboxylic acids is 2. The minimum Gasteiger partial charge on any atom is -0.508 e. The maximum absolute atomic E-state index is 12.3. The third-order valence-corrected chi connectivity index (χ3v) is 6.93. The second-order valence-electron chi connectivity index (χ2n) is 6.99. The van der Waals surface area contributed by atoms with Crippen LogP contribution in [0.3, 0.4) is 0 Å². The first-order chi connectivity index (χ1) is 15.6. The topological polar surface area (TPSA) is 91.3 Å². The number of carbonyl (C=O) groups is 2. The quantitative estimate of drug-likeness (QED) is 0.265. The summed E-state index contributed by atoms with van der Waals surface area (Å²) in [4.78, 5) is 29.0. The number of thiazole rings is 1. The van der Waals surface area contributed by atoms with Crippen LogP contribution in [-0.2, 0) is 5.75 Å². The van der Waals surface area contributed by atoms with Gasteiger partial charge in [0.15, 0.2) is 4.34 Å². The minimum atomic E-state index is -0.255. The van der Waals surface area contributed by atoms with Gasteiger partial charge in [0.05, 0.1) is 10.2 Å². The van der Waals surface area contributed by atoms with E-state index < -0.39 is 0 Å². The fraction of sp³-hybridized carbons (Fsp3) is 0.125. The zero-order chi connectivity index (χ0) is 22.3. The lowest BCUT2D eigenvalue weighted by Gasteiger charge is -2.08. The van der Waals surface area contributed by atoms with E-state index in [2.05, 4.69) is 21.7 Å². The van der Waals surface area contributed by atoms with E-state index >= 15 is 0 Å². The summed E-state index contributed by atoms with van der Waals surface area (Å²) in [5.41, 5.74) is 3.16. The molecule has 1 aromatic heterocycles. The number of thioether (sulfide) groups is 1. The summed E-state index contributed by atoms with van der Waals surface area (Å²) in [7, 11) is 0. The monoisotopic (exact) mass is 463 g/mol. The molecule has 0 aliphatic rings. The van der Waals surface area contributed by atoms with Gasteiger partial charge in [-0.05, 0) is 54.1 Å². The zero-order valence-electron chi connectivity index (χ0n) is 17.1. The number of para-hydroxylation sites is 1. The smallest absolute Gasteiger partial charge is 0.251 e. The van der Waals surface area contributed by atoms with E-state index in [1.165, 1.54) is 16.8 Å².